The predicted molar refractivity (Wildman–Crippen MR) is 128 cm³/mol. The lowest BCUT2D eigenvalue weighted by Gasteiger charge is -2.37. The molecule has 3 N–H and O–H groups in total. The lowest BCUT2D eigenvalue weighted by atomic mass is 9.83. The Morgan fingerprint density at radius 1 is 1.21 bits per heavy atom. The molecule has 2 saturated carbocycles. The van der Waals surface area contributed by atoms with E-state index in [1.165, 1.54) is 4.90 Å². The smallest absolute Gasteiger partial charge is 0.356 e. The average molecular weight is 562 g/mol. The summed E-state index contributed by atoms with van der Waals surface area (Å²) in [5.74, 6) is -3.11. The largest absolute Gasteiger partial charge is 0.511 e. The number of rotatable bonds is 8. The molecule has 2 heterocycles. The highest BCUT2D eigenvalue weighted by molar-refractivity contribution is 7.90. The van der Waals surface area contributed by atoms with E-state index in [0.717, 1.165) is 6.42 Å². The second-order valence-electron chi connectivity index (χ2n) is 11.5. The highest BCUT2D eigenvalue weighted by atomic mass is 32.2. The molecule has 4 rings (SSSR count). The molecule has 3 amide bonds. The number of hydrogen-bond donors (Lipinski definition) is 3. The number of carbonyl (C=O) groups excluding carboxylic acids is 3. The van der Waals surface area contributed by atoms with Crippen LogP contribution in [0.25, 0.3) is 0 Å². The maximum absolute atomic E-state index is 13.8. The number of nitrogens with one attached hydrogen (secondary N) is 3. The van der Waals surface area contributed by atoms with Crippen LogP contribution in [0.2, 0.25) is 0 Å². The Labute approximate surface area is 220 Å². The van der Waals surface area contributed by atoms with E-state index in [4.69, 9.17) is 0 Å². The lowest BCUT2D eigenvalue weighted by molar-refractivity contribution is -0.143. The molecule has 38 heavy (non-hydrogen) atoms. The van der Waals surface area contributed by atoms with Gasteiger partial charge in [-0.15, -0.1) is 0 Å². The fraction of sp³-hybridized carbons (Fsp3) is 0.833. The van der Waals surface area contributed by atoms with Crippen LogP contribution >= 0.6 is 0 Å². The quantitative estimate of drug-likeness (QED) is 0.408. The van der Waals surface area contributed by atoms with Crippen LogP contribution in [0.15, 0.2) is 0 Å². The summed E-state index contributed by atoms with van der Waals surface area (Å²) in [7, 11) is -5.80. The normalized spacial score (nSPS) is 30.6. The zero-order valence-corrected chi connectivity index (χ0v) is 22.2. The molecule has 10 nitrogen and oxygen atoms in total. The van der Waals surface area contributed by atoms with E-state index in [-0.39, 0.29) is 36.1 Å². The molecule has 0 radical (unpaired) electrons. The standard InChI is InChI=1S/C24H34F3N5O5S/c1-23(2)16-12-32(19(17(16)23)21(34)30-15(11-28)10-14-8-9-29-20(14)33)22(35)18(13-6-4-3-5-7-13)31-38(36,37)24(25,26)27/h13-19,31H,3-10,12H2,1-2H3,(H,29,33)(H,30,34)/t14-,15-,16?,17?,18-,19?/m0/s1. The summed E-state index contributed by atoms with van der Waals surface area (Å²) in [5, 5.41) is 14.9. The monoisotopic (exact) mass is 561 g/mol. The van der Waals surface area contributed by atoms with Crippen molar-refractivity contribution < 1.29 is 36.0 Å². The minimum atomic E-state index is -5.80. The molecule has 2 aliphatic heterocycles. The van der Waals surface area contributed by atoms with Gasteiger partial charge in [0.05, 0.1) is 6.07 Å². The van der Waals surface area contributed by atoms with E-state index in [1.807, 2.05) is 19.9 Å². The minimum absolute atomic E-state index is 0.0884. The van der Waals surface area contributed by atoms with E-state index in [9.17, 15) is 41.2 Å². The maximum atomic E-state index is 13.8. The van der Waals surface area contributed by atoms with Crippen LogP contribution in [-0.4, -0.2) is 67.8 Å². The van der Waals surface area contributed by atoms with E-state index >= 15 is 0 Å². The number of nitrogens with zero attached hydrogens (tertiary/aromatic N) is 2. The molecular weight excluding hydrogens is 527 g/mol. The SMILES string of the molecule is CC1(C)C2CN(C(=O)[C@@H](NS(=O)(=O)C(F)(F)F)C3CCCCC3)C(C(=O)N[C@H](C#N)C[C@@H]3CCNC3=O)C21. The average Bonchev–Trinajstić information content (AvgIpc) is 3.20. The Morgan fingerprint density at radius 3 is 2.42 bits per heavy atom. The summed E-state index contributed by atoms with van der Waals surface area (Å²) >= 11 is 0. The molecule has 4 fully saturated rings. The first-order valence-corrected chi connectivity index (χ1v) is 14.5. The van der Waals surface area contributed by atoms with Crippen LogP contribution in [0.4, 0.5) is 13.2 Å². The Balaban J connectivity index is 1.56. The van der Waals surface area contributed by atoms with Crippen LogP contribution in [0.5, 0.6) is 0 Å². The molecular formula is C24H34F3N5O5S. The second-order valence-corrected chi connectivity index (χ2v) is 13.2. The number of hydrogen-bond acceptors (Lipinski definition) is 6. The van der Waals surface area contributed by atoms with Gasteiger partial charge < -0.3 is 15.5 Å². The van der Waals surface area contributed by atoms with Crippen LogP contribution < -0.4 is 15.4 Å². The van der Waals surface area contributed by atoms with Gasteiger partial charge in [-0.05, 0) is 48.9 Å². The first-order valence-electron chi connectivity index (χ1n) is 13.1. The first-order chi connectivity index (χ1) is 17.7. The molecule has 0 aromatic rings. The van der Waals surface area contributed by atoms with Gasteiger partial charge in [-0.1, -0.05) is 33.1 Å². The highest BCUT2D eigenvalue weighted by Gasteiger charge is 2.70. The van der Waals surface area contributed by atoms with Gasteiger partial charge in [0, 0.05) is 19.0 Å². The van der Waals surface area contributed by atoms with E-state index in [0.29, 0.717) is 38.6 Å². The maximum Gasteiger partial charge on any atom is 0.511 e. The van der Waals surface area contributed by atoms with E-state index < -0.39 is 57.3 Å². The molecule has 2 saturated heterocycles. The summed E-state index contributed by atoms with van der Waals surface area (Å²) in [4.78, 5) is 40.4. The van der Waals surface area contributed by atoms with Gasteiger partial charge in [0.1, 0.15) is 18.1 Å². The summed E-state index contributed by atoms with van der Waals surface area (Å²) in [5.41, 5.74) is -5.89. The van der Waals surface area contributed by atoms with Gasteiger partial charge in [0.15, 0.2) is 0 Å². The summed E-state index contributed by atoms with van der Waals surface area (Å²) in [6.07, 6.45) is 3.56. The highest BCUT2D eigenvalue weighted by Crippen LogP contribution is 2.65. The molecule has 14 heteroatoms. The summed E-state index contributed by atoms with van der Waals surface area (Å²) in [6.45, 7) is 4.45. The number of halogens is 3. The van der Waals surface area contributed by atoms with Crippen LogP contribution in [0.1, 0.15) is 58.8 Å². The summed E-state index contributed by atoms with van der Waals surface area (Å²) in [6, 6.07) is -1.71. The third-order valence-corrected chi connectivity index (χ3v) is 10.1. The van der Waals surface area contributed by atoms with Gasteiger partial charge in [0.25, 0.3) is 0 Å². The molecule has 0 bridgehead atoms. The zero-order chi connectivity index (χ0) is 28.0. The topological polar surface area (TPSA) is 148 Å². The third kappa shape index (κ3) is 5.36. The Hall–Kier alpha value is -2.40. The minimum Gasteiger partial charge on any atom is -0.356 e. The number of nitriles is 1. The summed E-state index contributed by atoms with van der Waals surface area (Å²) < 4.78 is 65.5. The van der Waals surface area contributed by atoms with Crippen molar-refractivity contribution in [3.05, 3.63) is 0 Å². The number of sulfonamides is 1. The van der Waals surface area contributed by atoms with Crippen molar-refractivity contribution >= 4 is 27.7 Å². The molecule has 0 spiro atoms. The van der Waals surface area contributed by atoms with Crippen molar-refractivity contribution in [3.63, 3.8) is 0 Å². The number of carbonyl (C=O) groups is 3. The number of likely N-dealkylation sites (tertiary alicyclic amines) is 1. The first kappa shape index (κ1) is 28.6. The molecule has 0 aromatic carbocycles. The molecule has 4 aliphatic rings. The number of alkyl halides is 3. The lowest BCUT2D eigenvalue weighted by Crippen LogP contribution is -2.59. The second kappa shape index (κ2) is 10.3. The van der Waals surface area contributed by atoms with Crippen molar-refractivity contribution in [1.29, 1.82) is 5.26 Å². The molecule has 0 aromatic heterocycles. The van der Waals surface area contributed by atoms with Gasteiger partial charge in [-0.3, -0.25) is 14.4 Å². The van der Waals surface area contributed by atoms with Gasteiger partial charge in [-0.25, -0.2) is 8.42 Å². The van der Waals surface area contributed by atoms with Crippen molar-refractivity contribution in [2.75, 3.05) is 13.1 Å². The van der Waals surface area contributed by atoms with Gasteiger partial charge >= 0.3 is 15.5 Å². The van der Waals surface area contributed by atoms with Crippen LogP contribution in [0.3, 0.4) is 0 Å². The van der Waals surface area contributed by atoms with Crippen molar-refractivity contribution in [3.8, 4) is 6.07 Å². The van der Waals surface area contributed by atoms with E-state index in [1.54, 1.807) is 4.72 Å². The van der Waals surface area contributed by atoms with Gasteiger partial charge in [0.2, 0.25) is 17.7 Å². The van der Waals surface area contributed by atoms with Crippen molar-refractivity contribution in [2.45, 2.75) is 82.4 Å². The van der Waals surface area contributed by atoms with Crippen molar-refractivity contribution in [2.24, 2.45) is 29.1 Å². The number of amides is 3. The van der Waals surface area contributed by atoms with E-state index in [2.05, 4.69) is 10.6 Å². The Morgan fingerprint density at radius 2 is 1.87 bits per heavy atom. The van der Waals surface area contributed by atoms with Crippen LogP contribution in [-0.2, 0) is 24.4 Å². The van der Waals surface area contributed by atoms with Crippen molar-refractivity contribution in [1.82, 2.24) is 20.3 Å². The Kier molecular flexibility index (Phi) is 7.75. The third-order valence-electron chi connectivity index (χ3n) is 8.89. The Bertz CT molecular complexity index is 1120. The van der Waals surface area contributed by atoms with Gasteiger partial charge in [-0.2, -0.15) is 23.2 Å². The fourth-order valence-electron chi connectivity index (χ4n) is 6.60. The number of piperidine rings is 1. The molecule has 3 unspecified atom stereocenters. The number of fused-ring (bicyclic) bond motifs is 1. The molecule has 6 atom stereocenters. The fourth-order valence-corrected chi connectivity index (χ4v) is 7.36. The van der Waals surface area contributed by atoms with Crippen LogP contribution in [0, 0.1) is 40.4 Å². The molecule has 212 valence electrons. The predicted octanol–water partition coefficient (Wildman–Crippen LogP) is 1.39. The zero-order valence-electron chi connectivity index (χ0n) is 21.4. The molecule has 2 aliphatic carbocycles.